The van der Waals surface area contributed by atoms with Crippen molar-refractivity contribution in [2.45, 2.75) is 52.2 Å². The van der Waals surface area contributed by atoms with Crippen molar-refractivity contribution >= 4 is 11.8 Å². The van der Waals surface area contributed by atoms with Crippen LogP contribution in [0.15, 0.2) is 72.8 Å². The number of hydrogen-bond donors (Lipinski definition) is 2. The molecule has 0 saturated heterocycles. The van der Waals surface area contributed by atoms with Crippen molar-refractivity contribution in [1.82, 2.24) is 5.32 Å². The smallest absolute Gasteiger partial charge is 0.251 e. The molecule has 3 aromatic carbocycles. The molecule has 3 rings (SSSR count). The van der Waals surface area contributed by atoms with Gasteiger partial charge >= 0.3 is 0 Å². The summed E-state index contributed by atoms with van der Waals surface area (Å²) < 4.78 is 5.99. The maximum Gasteiger partial charge on any atom is 0.251 e. The second kappa shape index (κ2) is 10.3. The maximum absolute atomic E-state index is 12.6. The number of carbonyl (C=O) groups excluding carboxylic acids is 2. The summed E-state index contributed by atoms with van der Waals surface area (Å²) in [5.74, 6) is -0.0593. The molecule has 0 aliphatic heterocycles. The van der Waals surface area contributed by atoms with Crippen LogP contribution in [0.4, 0.5) is 0 Å². The number of benzene rings is 3. The molecule has 0 radical (unpaired) electrons. The topological polar surface area (TPSA) is 81.4 Å². The van der Waals surface area contributed by atoms with Crippen molar-refractivity contribution in [3.63, 3.8) is 0 Å². The fourth-order valence-electron chi connectivity index (χ4n) is 3.51. The predicted molar refractivity (Wildman–Crippen MR) is 131 cm³/mol. The van der Waals surface area contributed by atoms with E-state index in [2.05, 4.69) is 38.2 Å². The number of amides is 2. The summed E-state index contributed by atoms with van der Waals surface area (Å²) in [5.41, 5.74) is 10.3. The van der Waals surface area contributed by atoms with E-state index in [0.29, 0.717) is 18.6 Å². The van der Waals surface area contributed by atoms with E-state index in [1.165, 1.54) is 5.56 Å². The standard InChI is InChI=1S/C28H32N2O3/c1-19-16-23(28(2,3)4)14-15-25(19)33-18-21-10-12-22(13-11-21)27(32)30-24(26(29)31)17-20-8-6-5-7-9-20/h5-16,24H,17-18H2,1-4H3,(H2,29,31)(H,30,32). The van der Waals surface area contributed by atoms with Gasteiger partial charge in [0.05, 0.1) is 0 Å². The summed E-state index contributed by atoms with van der Waals surface area (Å²) in [7, 11) is 0. The molecule has 3 N–H and O–H groups in total. The Morgan fingerprint density at radius 1 is 0.939 bits per heavy atom. The number of rotatable bonds is 8. The molecule has 5 nitrogen and oxygen atoms in total. The van der Waals surface area contributed by atoms with Crippen molar-refractivity contribution in [2.75, 3.05) is 0 Å². The Kier molecular flexibility index (Phi) is 7.54. The molecule has 0 aliphatic carbocycles. The minimum Gasteiger partial charge on any atom is -0.489 e. The molecule has 1 atom stereocenters. The molecule has 0 fully saturated rings. The lowest BCUT2D eigenvalue weighted by atomic mass is 9.86. The van der Waals surface area contributed by atoms with Crippen LogP contribution in [0.2, 0.25) is 0 Å². The van der Waals surface area contributed by atoms with E-state index in [0.717, 1.165) is 22.4 Å². The highest BCUT2D eigenvalue weighted by Gasteiger charge is 2.19. The largest absolute Gasteiger partial charge is 0.489 e. The van der Waals surface area contributed by atoms with Gasteiger partial charge in [0.2, 0.25) is 5.91 Å². The molecule has 0 bridgehead atoms. The van der Waals surface area contributed by atoms with Crippen LogP contribution in [-0.4, -0.2) is 17.9 Å². The highest BCUT2D eigenvalue weighted by atomic mass is 16.5. The Balaban J connectivity index is 1.60. The third kappa shape index (κ3) is 6.69. The van der Waals surface area contributed by atoms with E-state index in [4.69, 9.17) is 10.5 Å². The fourth-order valence-corrected chi connectivity index (χ4v) is 3.51. The van der Waals surface area contributed by atoms with E-state index >= 15 is 0 Å². The Morgan fingerprint density at radius 3 is 2.18 bits per heavy atom. The zero-order valence-electron chi connectivity index (χ0n) is 19.7. The van der Waals surface area contributed by atoms with E-state index in [-0.39, 0.29) is 11.3 Å². The van der Waals surface area contributed by atoms with Crippen molar-refractivity contribution in [3.05, 3.63) is 101 Å². The van der Waals surface area contributed by atoms with Crippen LogP contribution < -0.4 is 15.8 Å². The lowest BCUT2D eigenvalue weighted by Crippen LogP contribution is -2.45. The first-order chi connectivity index (χ1) is 15.6. The van der Waals surface area contributed by atoms with Gasteiger partial charge in [-0.25, -0.2) is 0 Å². The Morgan fingerprint density at radius 2 is 1.61 bits per heavy atom. The van der Waals surface area contributed by atoms with Crippen molar-refractivity contribution in [2.24, 2.45) is 5.73 Å². The van der Waals surface area contributed by atoms with E-state index in [1.807, 2.05) is 55.5 Å². The summed E-state index contributed by atoms with van der Waals surface area (Å²) in [4.78, 5) is 24.5. The average Bonchev–Trinajstić information content (AvgIpc) is 2.78. The highest BCUT2D eigenvalue weighted by molar-refractivity contribution is 5.97. The quantitative estimate of drug-likeness (QED) is 0.528. The molecule has 1 unspecified atom stereocenters. The van der Waals surface area contributed by atoms with Crippen LogP contribution in [0.25, 0.3) is 0 Å². The molecule has 33 heavy (non-hydrogen) atoms. The first-order valence-corrected chi connectivity index (χ1v) is 11.1. The molecule has 2 amide bonds. The van der Waals surface area contributed by atoms with Crippen LogP contribution in [-0.2, 0) is 23.2 Å². The molecular weight excluding hydrogens is 412 g/mol. The van der Waals surface area contributed by atoms with Crippen LogP contribution in [0.3, 0.4) is 0 Å². The third-order valence-corrected chi connectivity index (χ3v) is 5.58. The van der Waals surface area contributed by atoms with Crippen molar-refractivity contribution < 1.29 is 14.3 Å². The summed E-state index contributed by atoms with van der Waals surface area (Å²) in [6.07, 6.45) is 0.348. The number of hydrogen-bond acceptors (Lipinski definition) is 3. The van der Waals surface area contributed by atoms with Gasteiger partial charge in [0, 0.05) is 12.0 Å². The molecule has 5 heteroatoms. The van der Waals surface area contributed by atoms with Crippen molar-refractivity contribution in [1.29, 1.82) is 0 Å². The summed E-state index contributed by atoms with van der Waals surface area (Å²) in [6, 6.07) is 22.1. The molecule has 3 aromatic rings. The number of ether oxygens (including phenoxy) is 1. The normalized spacial score (nSPS) is 12.1. The molecule has 172 valence electrons. The van der Waals surface area contributed by atoms with Crippen molar-refractivity contribution in [3.8, 4) is 5.75 Å². The van der Waals surface area contributed by atoms with E-state index < -0.39 is 11.9 Å². The molecule has 0 saturated carbocycles. The predicted octanol–water partition coefficient (Wildman–Crippen LogP) is 4.70. The zero-order valence-corrected chi connectivity index (χ0v) is 19.7. The number of nitrogens with one attached hydrogen (secondary N) is 1. The second-order valence-electron chi connectivity index (χ2n) is 9.33. The molecular formula is C28H32N2O3. The van der Waals surface area contributed by atoms with E-state index in [1.54, 1.807) is 12.1 Å². The van der Waals surface area contributed by atoms with Gasteiger partial charge in [-0.3, -0.25) is 9.59 Å². The molecule has 0 aromatic heterocycles. The number of nitrogens with two attached hydrogens (primary N) is 1. The lowest BCUT2D eigenvalue weighted by molar-refractivity contribution is -0.119. The van der Waals surface area contributed by atoms with Gasteiger partial charge in [0.1, 0.15) is 18.4 Å². The second-order valence-corrected chi connectivity index (χ2v) is 9.33. The minimum absolute atomic E-state index is 0.0916. The Bertz CT molecular complexity index is 1100. The van der Waals surface area contributed by atoms with Gasteiger partial charge in [-0.05, 0) is 52.8 Å². The third-order valence-electron chi connectivity index (χ3n) is 5.58. The summed E-state index contributed by atoms with van der Waals surface area (Å²) >= 11 is 0. The van der Waals surface area contributed by atoms with Crippen LogP contribution in [0.1, 0.15) is 53.4 Å². The summed E-state index contributed by atoms with van der Waals surface area (Å²) in [5, 5.41) is 2.74. The average molecular weight is 445 g/mol. The van der Waals surface area contributed by atoms with Crippen LogP contribution >= 0.6 is 0 Å². The van der Waals surface area contributed by atoms with Gasteiger partial charge in [0.25, 0.3) is 5.91 Å². The zero-order chi connectivity index (χ0) is 24.0. The summed E-state index contributed by atoms with van der Waals surface area (Å²) in [6.45, 7) is 9.01. The fraction of sp³-hybridized carbons (Fsp3) is 0.286. The van der Waals surface area contributed by atoms with Crippen LogP contribution in [0.5, 0.6) is 5.75 Å². The molecule has 0 spiro atoms. The minimum atomic E-state index is -0.776. The SMILES string of the molecule is Cc1cc(C(C)(C)C)ccc1OCc1ccc(C(=O)NC(Cc2ccccc2)C(N)=O)cc1. The van der Waals surface area contributed by atoms with Gasteiger partial charge in [-0.2, -0.15) is 0 Å². The first kappa shape index (κ1) is 24.1. The van der Waals surface area contributed by atoms with Gasteiger partial charge in [-0.1, -0.05) is 75.4 Å². The first-order valence-electron chi connectivity index (χ1n) is 11.1. The van der Waals surface area contributed by atoms with Gasteiger partial charge < -0.3 is 15.8 Å². The van der Waals surface area contributed by atoms with Gasteiger partial charge in [0.15, 0.2) is 0 Å². The van der Waals surface area contributed by atoms with Crippen LogP contribution in [0, 0.1) is 6.92 Å². The number of aryl methyl sites for hydroxylation is 1. The lowest BCUT2D eigenvalue weighted by Gasteiger charge is -2.20. The maximum atomic E-state index is 12.6. The monoisotopic (exact) mass is 444 g/mol. The molecule has 0 heterocycles. The Labute approximate surface area is 196 Å². The van der Waals surface area contributed by atoms with E-state index in [9.17, 15) is 9.59 Å². The highest BCUT2D eigenvalue weighted by Crippen LogP contribution is 2.28. The number of primary amides is 1. The Hall–Kier alpha value is -3.60. The van der Waals surface area contributed by atoms with Gasteiger partial charge in [-0.15, -0.1) is 0 Å². The number of carbonyl (C=O) groups is 2. The molecule has 0 aliphatic rings.